The molecule has 0 spiro atoms. The molecule has 2 aliphatic heterocycles. The zero-order valence-corrected chi connectivity index (χ0v) is 13.9. The maximum atomic E-state index is 6.26. The highest BCUT2D eigenvalue weighted by atomic mass is 32.4. The van der Waals surface area contributed by atoms with E-state index in [0.29, 0.717) is 0 Å². The van der Waals surface area contributed by atoms with Crippen molar-refractivity contribution in [3.63, 3.8) is 0 Å². The molecule has 0 aliphatic carbocycles. The lowest BCUT2D eigenvalue weighted by Gasteiger charge is -2.46. The lowest BCUT2D eigenvalue weighted by atomic mass is 9.99. The molecule has 0 amide bonds. The first-order valence-corrected chi connectivity index (χ1v) is 11.5. The van der Waals surface area contributed by atoms with Crippen LogP contribution in [0.4, 0.5) is 0 Å². The van der Waals surface area contributed by atoms with Gasteiger partial charge in [0.2, 0.25) is 0 Å². The van der Waals surface area contributed by atoms with E-state index in [1.54, 1.807) is 0 Å². The number of hydrogen-bond donors (Lipinski definition) is 0. The molecule has 0 aromatic rings. The summed E-state index contributed by atoms with van der Waals surface area (Å²) >= 11 is 6.26. The van der Waals surface area contributed by atoms with Crippen LogP contribution in [0.2, 0.25) is 0 Å². The Labute approximate surface area is 119 Å². The molecule has 0 radical (unpaired) electrons. The van der Waals surface area contributed by atoms with E-state index < -0.39 is 6.04 Å². The minimum atomic E-state index is -0.950. The Kier molecular flexibility index (Phi) is 6.22. The predicted octanol–water partition coefficient (Wildman–Crippen LogP) is 5.93. The van der Waals surface area contributed by atoms with Gasteiger partial charge in [0.05, 0.1) is 0 Å². The van der Waals surface area contributed by atoms with Gasteiger partial charge in [-0.25, -0.2) is 0 Å². The van der Waals surface area contributed by atoms with Gasteiger partial charge in [0.1, 0.15) is 0 Å². The van der Waals surface area contributed by atoms with Crippen LogP contribution in [0, 0.1) is 0 Å². The summed E-state index contributed by atoms with van der Waals surface area (Å²) in [7, 11) is 0. The van der Waals surface area contributed by atoms with Crippen molar-refractivity contribution in [3.05, 3.63) is 0 Å². The molecule has 2 bridgehead atoms. The lowest BCUT2D eigenvalue weighted by molar-refractivity contribution is 0.472. The molecule has 0 unspecified atom stereocenters. The Morgan fingerprint density at radius 3 is 1.89 bits per heavy atom. The molecule has 18 heavy (non-hydrogen) atoms. The summed E-state index contributed by atoms with van der Waals surface area (Å²) in [6, 6.07) is -0.950. The van der Waals surface area contributed by atoms with Crippen LogP contribution in [-0.4, -0.2) is 17.5 Å². The molecule has 0 N–H and O–H groups in total. The minimum absolute atomic E-state index is 0.950. The van der Waals surface area contributed by atoms with Gasteiger partial charge >= 0.3 is 0 Å². The summed E-state index contributed by atoms with van der Waals surface area (Å²) in [6.45, 7) is 2.30. The molecule has 0 nitrogen and oxygen atoms in total. The second kappa shape index (κ2) is 7.44. The zero-order valence-electron chi connectivity index (χ0n) is 12.2. The average molecular weight is 286 g/mol. The second-order valence-electron chi connectivity index (χ2n) is 6.51. The second-order valence-corrected chi connectivity index (χ2v) is 12.2. The molecule has 0 aromatic heterocycles. The topological polar surface area (TPSA) is 0 Å². The van der Waals surface area contributed by atoms with Crippen molar-refractivity contribution in [2.75, 3.05) is 6.16 Å². The molecule has 0 aromatic carbocycles. The predicted molar refractivity (Wildman–Crippen MR) is 87.8 cm³/mol. The summed E-state index contributed by atoms with van der Waals surface area (Å²) in [4.78, 5) is 0. The highest BCUT2D eigenvalue weighted by Gasteiger charge is 2.40. The maximum Gasteiger partial charge on any atom is -0.0116 e. The van der Waals surface area contributed by atoms with Gasteiger partial charge in [-0.3, -0.25) is 0 Å². The van der Waals surface area contributed by atoms with E-state index in [1.807, 2.05) is 0 Å². The first-order valence-electron chi connectivity index (χ1n) is 8.36. The molecular weight excluding hydrogens is 255 g/mol. The summed E-state index contributed by atoms with van der Waals surface area (Å²) in [6.07, 6.45) is 19.0. The fourth-order valence-corrected chi connectivity index (χ4v) is 10.3. The van der Waals surface area contributed by atoms with Gasteiger partial charge in [-0.05, 0) is 55.6 Å². The van der Waals surface area contributed by atoms with E-state index in [-0.39, 0.29) is 0 Å². The van der Waals surface area contributed by atoms with Crippen LogP contribution in [0.25, 0.3) is 0 Å². The number of hydrogen-bond acceptors (Lipinski definition) is 1. The minimum Gasteiger partial charge on any atom is -0.0969 e. The maximum absolute atomic E-state index is 6.26. The lowest BCUT2D eigenvalue weighted by Crippen LogP contribution is -2.30. The molecule has 2 rings (SSSR count). The van der Waals surface area contributed by atoms with E-state index in [1.165, 1.54) is 83.2 Å². The standard InChI is InChI=1S/C16H31PS/c1-2-3-4-5-6-7-14-17(18)15-10-8-11-16(17)13-9-12-15/h15-16H,2-14H2,1H3. The molecule has 106 valence electrons. The summed E-state index contributed by atoms with van der Waals surface area (Å²) in [5, 5.41) is 0. The van der Waals surface area contributed by atoms with Gasteiger partial charge in [0.15, 0.2) is 0 Å². The quantitative estimate of drug-likeness (QED) is 0.413. The van der Waals surface area contributed by atoms with Crippen molar-refractivity contribution in [1.82, 2.24) is 0 Å². The van der Waals surface area contributed by atoms with Gasteiger partial charge in [0.25, 0.3) is 0 Å². The third-order valence-electron chi connectivity index (χ3n) is 5.25. The van der Waals surface area contributed by atoms with Crippen LogP contribution in [0.3, 0.4) is 0 Å². The molecule has 2 heteroatoms. The normalized spacial score (nSPS) is 35.6. The number of rotatable bonds is 7. The van der Waals surface area contributed by atoms with Crippen LogP contribution in [-0.2, 0) is 11.8 Å². The molecule has 0 saturated carbocycles. The van der Waals surface area contributed by atoms with Gasteiger partial charge in [-0.15, -0.1) is 0 Å². The van der Waals surface area contributed by atoms with Crippen LogP contribution in [0.1, 0.15) is 84.0 Å². The number of unbranched alkanes of at least 4 members (excludes halogenated alkanes) is 5. The van der Waals surface area contributed by atoms with Crippen molar-refractivity contribution in [1.29, 1.82) is 0 Å². The van der Waals surface area contributed by atoms with Gasteiger partial charge in [0, 0.05) is 0 Å². The largest absolute Gasteiger partial charge is 0.0969 e. The van der Waals surface area contributed by atoms with E-state index in [0.717, 1.165) is 11.3 Å². The van der Waals surface area contributed by atoms with Gasteiger partial charge in [-0.2, -0.15) is 0 Å². The third kappa shape index (κ3) is 3.60. The van der Waals surface area contributed by atoms with E-state index in [4.69, 9.17) is 11.8 Å². The Morgan fingerprint density at radius 1 is 0.833 bits per heavy atom. The zero-order chi connectivity index (χ0) is 12.8. The summed E-state index contributed by atoms with van der Waals surface area (Å²) in [5.41, 5.74) is 2.02. The average Bonchev–Trinajstić information content (AvgIpc) is 2.33. The van der Waals surface area contributed by atoms with Crippen molar-refractivity contribution in [2.45, 2.75) is 95.3 Å². The molecule has 2 saturated heterocycles. The number of fused-ring (bicyclic) bond motifs is 2. The van der Waals surface area contributed by atoms with Crippen LogP contribution < -0.4 is 0 Å². The fourth-order valence-electron chi connectivity index (χ4n) is 4.14. The van der Waals surface area contributed by atoms with Crippen LogP contribution in [0.5, 0.6) is 0 Å². The van der Waals surface area contributed by atoms with E-state index >= 15 is 0 Å². The molecule has 2 fully saturated rings. The highest BCUT2D eigenvalue weighted by Crippen LogP contribution is 2.66. The summed E-state index contributed by atoms with van der Waals surface area (Å²) in [5.74, 6) is 0. The molecular formula is C16H31PS. The molecule has 2 heterocycles. The Hall–Kier alpha value is 0.650. The highest BCUT2D eigenvalue weighted by molar-refractivity contribution is 8.15. The molecule has 2 aliphatic rings. The van der Waals surface area contributed by atoms with Crippen molar-refractivity contribution >= 4 is 17.8 Å². The fraction of sp³-hybridized carbons (Fsp3) is 1.00. The monoisotopic (exact) mass is 286 g/mol. The van der Waals surface area contributed by atoms with Crippen LogP contribution >= 0.6 is 6.04 Å². The molecule has 0 atom stereocenters. The van der Waals surface area contributed by atoms with E-state index in [2.05, 4.69) is 6.92 Å². The Bertz CT molecular complexity index is 261. The Morgan fingerprint density at radius 2 is 1.33 bits per heavy atom. The van der Waals surface area contributed by atoms with Gasteiger partial charge < -0.3 is 0 Å². The van der Waals surface area contributed by atoms with E-state index in [9.17, 15) is 0 Å². The Balaban J connectivity index is 1.74. The first-order chi connectivity index (χ1) is 8.77. The van der Waals surface area contributed by atoms with Crippen molar-refractivity contribution in [2.24, 2.45) is 0 Å². The smallest absolute Gasteiger partial charge is 0.0116 e. The third-order valence-corrected chi connectivity index (χ3v) is 12.1. The van der Waals surface area contributed by atoms with Crippen molar-refractivity contribution < 1.29 is 0 Å². The SMILES string of the molecule is CCCCCCCCP1(=S)C2CCCC1CCC2. The summed E-state index contributed by atoms with van der Waals surface area (Å²) < 4.78 is 0. The van der Waals surface area contributed by atoms with Crippen molar-refractivity contribution in [3.8, 4) is 0 Å². The first kappa shape index (κ1) is 15.0. The van der Waals surface area contributed by atoms with Gasteiger partial charge in [-0.1, -0.05) is 63.7 Å². The van der Waals surface area contributed by atoms with Crippen LogP contribution in [0.15, 0.2) is 0 Å².